The van der Waals surface area contributed by atoms with Crippen LogP contribution in [0.2, 0.25) is 0 Å². The summed E-state index contributed by atoms with van der Waals surface area (Å²) in [6.07, 6.45) is -3.02. The number of hydrogen-bond donors (Lipinski definition) is 7. The number of benzene rings is 1. The van der Waals surface area contributed by atoms with Crippen molar-refractivity contribution in [3.63, 3.8) is 0 Å². The van der Waals surface area contributed by atoms with Gasteiger partial charge in [0, 0.05) is 21.5 Å². The van der Waals surface area contributed by atoms with Gasteiger partial charge in [0.2, 0.25) is 0 Å². The third-order valence-corrected chi connectivity index (χ3v) is 6.68. The topological polar surface area (TPSA) is 134 Å². The van der Waals surface area contributed by atoms with E-state index in [-0.39, 0.29) is 6.10 Å². The van der Waals surface area contributed by atoms with Crippen molar-refractivity contribution >= 4 is 37.5 Å². The van der Waals surface area contributed by atoms with Crippen LogP contribution in [0.25, 0.3) is 0 Å². The van der Waals surface area contributed by atoms with Gasteiger partial charge in [0.25, 0.3) is 0 Å². The van der Waals surface area contributed by atoms with Gasteiger partial charge in [0.1, 0.15) is 24.4 Å². The number of anilines is 1. The van der Waals surface area contributed by atoms with Crippen LogP contribution in [0.15, 0.2) is 21.1 Å². The molecule has 5 atom stereocenters. The number of hydrogen-bond acceptors (Lipinski definition) is 8. The molecule has 1 aromatic rings. The Balaban J connectivity index is 1.74. The minimum atomic E-state index is -1.44. The fourth-order valence-electron chi connectivity index (χ4n) is 3.83. The first-order chi connectivity index (χ1) is 13.8. The molecule has 2 fully saturated rings. The molecule has 8 nitrogen and oxygen atoms in total. The van der Waals surface area contributed by atoms with E-state index in [0.29, 0.717) is 18.3 Å². The molecule has 7 N–H and O–H groups in total. The Morgan fingerprint density at radius 2 is 1.66 bits per heavy atom. The van der Waals surface area contributed by atoms with Crippen LogP contribution in [0.3, 0.4) is 0 Å². The Morgan fingerprint density at radius 1 is 0.966 bits per heavy atom. The molecule has 164 valence electrons. The summed E-state index contributed by atoms with van der Waals surface area (Å²) in [6.45, 7) is 0.0745. The zero-order valence-corrected chi connectivity index (χ0v) is 19.0. The zero-order valence-electron chi connectivity index (χ0n) is 15.8. The number of rotatable bonds is 6. The molecule has 0 amide bonds. The van der Waals surface area contributed by atoms with Crippen molar-refractivity contribution in [1.29, 1.82) is 0 Å². The second-order valence-corrected chi connectivity index (χ2v) is 9.47. The molecule has 0 aromatic heterocycles. The van der Waals surface area contributed by atoms with E-state index >= 15 is 0 Å². The van der Waals surface area contributed by atoms with Crippen molar-refractivity contribution in [3.8, 4) is 0 Å². The standard InChI is InChI=1S/C19H28Br2N2O6/c20-10-5-9(7-22-11-1-3-12(25)4-2-11)15(13(21)6-10)23-19-18(28)17(27)16(26)14(8-24)29-19/h5-6,11-12,14,16-19,22-28H,1-4,7-8H2/t11?,12?,14-,16-,17+,18-,19+/m1/s1. The maximum Gasteiger partial charge on any atom is 0.157 e. The molecule has 1 saturated heterocycles. The lowest BCUT2D eigenvalue weighted by Gasteiger charge is -2.40. The Bertz CT molecular complexity index is 687. The van der Waals surface area contributed by atoms with Crippen LogP contribution in [0.1, 0.15) is 31.2 Å². The van der Waals surface area contributed by atoms with Gasteiger partial charge in [-0.15, -0.1) is 0 Å². The van der Waals surface area contributed by atoms with Crippen LogP contribution in [0, 0.1) is 0 Å². The van der Waals surface area contributed by atoms with E-state index in [2.05, 4.69) is 42.5 Å². The van der Waals surface area contributed by atoms with Crippen LogP contribution in [-0.2, 0) is 11.3 Å². The largest absolute Gasteiger partial charge is 0.394 e. The van der Waals surface area contributed by atoms with E-state index in [9.17, 15) is 25.5 Å². The average molecular weight is 540 g/mol. The van der Waals surface area contributed by atoms with Crippen molar-refractivity contribution in [2.45, 2.75) is 75.0 Å². The summed E-state index contributed by atoms with van der Waals surface area (Å²) in [5.74, 6) is 0. The Labute approximate surface area is 186 Å². The molecule has 10 heteroatoms. The lowest BCUT2D eigenvalue weighted by Crippen LogP contribution is -2.60. The van der Waals surface area contributed by atoms with Crippen molar-refractivity contribution in [3.05, 3.63) is 26.6 Å². The summed E-state index contributed by atoms with van der Waals surface area (Å²) in [6, 6.07) is 4.12. The number of aliphatic hydroxyl groups excluding tert-OH is 5. The molecular weight excluding hydrogens is 512 g/mol. The first-order valence-electron chi connectivity index (χ1n) is 9.76. The molecular formula is C19H28Br2N2O6. The highest BCUT2D eigenvalue weighted by Gasteiger charge is 2.43. The quantitative estimate of drug-likeness (QED) is 0.282. The maximum atomic E-state index is 10.3. The third kappa shape index (κ3) is 5.69. The van der Waals surface area contributed by atoms with Gasteiger partial charge >= 0.3 is 0 Å². The summed E-state index contributed by atoms with van der Waals surface area (Å²) in [4.78, 5) is 0. The first kappa shape index (κ1) is 23.4. The minimum absolute atomic E-state index is 0.212. The second-order valence-electron chi connectivity index (χ2n) is 7.70. The van der Waals surface area contributed by atoms with E-state index in [4.69, 9.17) is 4.74 Å². The SMILES string of the molecule is OC[C@H]1O[C@H](Nc2c(Br)cc(Br)cc2CNC2CCC(O)CC2)[C@H](O)[C@@H](O)[C@@H]1O. The summed E-state index contributed by atoms with van der Waals surface area (Å²) < 4.78 is 7.19. The van der Waals surface area contributed by atoms with Gasteiger partial charge in [0.15, 0.2) is 6.23 Å². The summed E-state index contributed by atoms with van der Waals surface area (Å²) in [5, 5.41) is 56.0. The highest BCUT2D eigenvalue weighted by Crippen LogP contribution is 2.33. The summed E-state index contributed by atoms with van der Waals surface area (Å²) in [7, 11) is 0. The number of aliphatic hydroxyl groups is 5. The van der Waals surface area contributed by atoms with E-state index in [1.54, 1.807) is 0 Å². The van der Waals surface area contributed by atoms with E-state index in [1.165, 1.54) is 0 Å². The van der Waals surface area contributed by atoms with E-state index < -0.39 is 37.3 Å². The van der Waals surface area contributed by atoms with Gasteiger partial charge in [-0.2, -0.15) is 0 Å². The molecule has 0 radical (unpaired) electrons. The lowest BCUT2D eigenvalue weighted by molar-refractivity contribution is -0.221. The normalized spacial score (nSPS) is 35.5. The monoisotopic (exact) mass is 538 g/mol. The highest BCUT2D eigenvalue weighted by atomic mass is 79.9. The van der Waals surface area contributed by atoms with Gasteiger partial charge in [-0.3, -0.25) is 0 Å². The molecule has 1 aliphatic carbocycles. The smallest absolute Gasteiger partial charge is 0.157 e. The lowest BCUT2D eigenvalue weighted by atomic mass is 9.93. The molecule has 1 aliphatic heterocycles. The van der Waals surface area contributed by atoms with Gasteiger partial charge in [0.05, 0.1) is 18.4 Å². The molecule has 0 unspecified atom stereocenters. The third-order valence-electron chi connectivity index (χ3n) is 5.59. The number of ether oxygens (including phenoxy) is 1. The number of halogens is 2. The van der Waals surface area contributed by atoms with Crippen molar-refractivity contribution in [2.24, 2.45) is 0 Å². The predicted octanol–water partition coefficient (Wildman–Crippen LogP) is 0.816. The average Bonchev–Trinajstić information content (AvgIpc) is 2.69. The molecule has 2 aliphatic rings. The molecule has 1 saturated carbocycles. The fourth-order valence-corrected chi connectivity index (χ4v) is 5.25. The summed E-state index contributed by atoms with van der Waals surface area (Å²) >= 11 is 7.02. The van der Waals surface area contributed by atoms with Crippen LogP contribution in [0.4, 0.5) is 5.69 Å². The summed E-state index contributed by atoms with van der Waals surface area (Å²) in [5.41, 5.74) is 1.59. The van der Waals surface area contributed by atoms with Gasteiger partial charge in [-0.1, -0.05) is 15.9 Å². The highest BCUT2D eigenvalue weighted by molar-refractivity contribution is 9.11. The van der Waals surface area contributed by atoms with Gasteiger partial charge < -0.3 is 40.9 Å². The Hall–Kier alpha value is -0.300. The molecule has 0 bridgehead atoms. The zero-order chi connectivity index (χ0) is 21.1. The fraction of sp³-hybridized carbons (Fsp3) is 0.684. The van der Waals surface area contributed by atoms with Gasteiger partial charge in [-0.05, 0) is 59.3 Å². The first-order valence-corrected chi connectivity index (χ1v) is 11.3. The van der Waals surface area contributed by atoms with Crippen molar-refractivity contribution in [1.82, 2.24) is 5.32 Å². The molecule has 3 rings (SSSR count). The van der Waals surface area contributed by atoms with Crippen LogP contribution < -0.4 is 10.6 Å². The van der Waals surface area contributed by atoms with Crippen molar-refractivity contribution in [2.75, 3.05) is 11.9 Å². The van der Waals surface area contributed by atoms with Crippen molar-refractivity contribution < 1.29 is 30.3 Å². The molecule has 0 spiro atoms. The van der Waals surface area contributed by atoms with E-state index in [1.807, 2.05) is 12.1 Å². The molecule has 1 aromatic carbocycles. The minimum Gasteiger partial charge on any atom is -0.394 e. The predicted molar refractivity (Wildman–Crippen MR) is 114 cm³/mol. The van der Waals surface area contributed by atoms with Gasteiger partial charge in [-0.25, -0.2) is 0 Å². The maximum absolute atomic E-state index is 10.3. The Kier molecular flexibility index (Phi) is 8.33. The van der Waals surface area contributed by atoms with E-state index in [0.717, 1.165) is 40.2 Å². The number of nitrogens with one attached hydrogen (secondary N) is 2. The molecule has 1 heterocycles. The molecule has 29 heavy (non-hydrogen) atoms. The van der Waals surface area contributed by atoms with Crippen LogP contribution >= 0.6 is 31.9 Å². The Morgan fingerprint density at radius 3 is 2.31 bits per heavy atom. The van der Waals surface area contributed by atoms with Crippen LogP contribution in [-0.4, -0.2) is 74.9 Å². The second kappa shape index (κ2) is 10.3. The van der Waals surface area contributed by atoms with Crippen LogP contribution in [0.5, 0.6) is 0 Å².